The smallest absolute Gasteiger partial charge is 0.164 e. The van der Waals surface area contributed by atoms with Crippen molar-refractivity contribution >= 4 is 10.8 Å². The van der Waals surface area contributed by atoms with Gasteiger partial charge < -0.3 is 0 Å². The quantitative estimate of drug-likeness (QED) is 0.167. The first-order valence-corrected chi connectivity index (χ1v) is 23.5. The molecule has 2 aliphatic carbocycles. The van der Waals surface area contributed by atoms with Crippen LogP contribution < -0.4 is 0 Å². The maximum atomic E-state index is 5.30. The molecule has 320 valence electrons. The van der Waals surface area contributed by atoms with Gasteiger partial charge in [-0.05, 0) is 94.7 Å². The van der Waals surface area contributed by atoms with Gasteiger partial charge in [0.15, 0.2) is 17.5 Å². The minimum atomic E-state index is -0.476. The van der Waals surface area contributed by atoms with Crippen LogP contribution in [0.25, 0.3) is 89.4 Å². The highest BCUT2D eigenvalue weighted by Crippen LogP contribution is 2.63. The van der Waals surface area contributed by atoms with Crippen molar-refractivity contribution in [2.45, 2.75) is 24.7 Å². The van der Waals surface area contributed by atoms with Crippen molar-refractivity contribution in [3.63, 3.8) is 0 Å². The molecule has 13 rings (SSSR count). The fourth-order valence-electron chi connectivity index (χ4n) is 11.5. The average molecular weight is 868 g/mol. The standard InChI is InChI=1S/C65H45N3/c1-64(2)55-27-13-15-29-57(55)65(58-30-16-14-28-56(58)64)54-26-12-11-24-53(54)60-51(25-17-31-59(60)65)50-40-41-52(49-23-10-9-22-48(49)50)63-67-61(46-36-32-44(33-37-46)42-18-5-3-6-19-42)66-62(68-63)47-38-34-45(35-39-47)43-20-7-4-8-21-43/h3-41H,1-2H3. The summed E-state index contributed by atoms with van der Waals surface area (Å²) in [6.07, 6.45) is 0. The fourth-order valence-corrected chi connectivity index (χ4v) is 11.5. The van der Waals surface area contributed by atoms with Crippen molar-refractivity contribution in [1.82, 2.24) is 15.0 Å². The van der Waals surface area contributed by atoms with Gasteiger partial charge in [0.05, 0.1) is 5.41 Å². The van der Waals surface area contributed by atoms with Crippen LogP contribution >= 0.6 is 0 Å². The lowest BCUT2D eigenvalue weighted by Gasteiger charge is -2.46. The number of rotatable bonds is 6. The van der Waals surface area contributed by atoms with E-state index in [0.29, 0.717) is 17.5 Å². The summed E-state index contributed by atoms with van der Waals surface area (Å²) in [6, 6.07) is 85.7. The Balaban J connectivity index is 0.996. The number of nitrogens with zero attached hydrogens (tertiary/aromatic N) is 3. The summed E-state index contributed by atoms with van der Waals surface area (Å²) < 4.78 is 0. The Hall–Kier alpha value is -8.53. The van der Waals surface area contributed by atoms with Gasteiger partial charge in [-0.25, -0.2) is 15.0 Å². The first-order valence-electron chi connectivity index (χ1n) is 23.5. The maximum Gasteiger partial charge on any atom is 0.164 e. The predicted octanol–water partition coefficient (Wildman–Crippen LogP) is 16.0. The molecule has 10 aromatic carbocycles. The number of benzene rings is 10. The summed E-state index contributed by atoms with van der Waals surface area (Å²) in [4.78, 5) is 15.8. The van der Waals surface area contributed by atoms with Gasteiger partial charge in [0.25, 0.3) is 0 Å². The number of fused-ring (bicyclic) bond motifs is 10. The Bertz CT molecular complexity index is 3590. The van der Waals surface area contributed by atoms with Gasteiger partial charge in [-0.2, -0.15) is 0 Å². The largest absolute Gasteiger partial charge is 0.208 e. The van der Waals surface area contributed by atoms with E-state index in [-0.39, 0.29) is 5.41 Å². The van der Waals surface area contributed by atoms with Gasteiger partial charge in [-0.15, -0.1) is 0 Å². The second kappa shape index (κ2) is 15.5. The Labute approximate surface area is 397 Å². The van der Waals surface area contributed by atoms with Crippen LogP contribution in [0.3, 0.4) is 0 Å². The molecule has 11 aromatic rings. The van der Waals surface area contributed by atoms with Gasteiger partial charge in [-0.1, -0.05) is 244 Å². The summed E-state index contributed by atoms with van der Waals surface area (Å²) in [5.41, 5.74) is 19.9. The second-order valence-electron chi connectivity index (χ2n) is 18.6. The van der Waals surface area contributed by atoms with Crippen molar-refractivity contribution in [3.8, 4) is 78.7 Å². The highest BCUT2D eigenvalue weighted by Gasteiger charge is 2.53. The van der Waals surface area contributed by atoms with Crippen molar-refractivity contribution in [2.75, 3.05) is 0 Å². The molecule has 0 saturated heterocycles. The highest BCUT2D eigenvalue weighted by atomic mass is 15.0. The molecule has 0 bridgehead atoms. The van der Waals surface area contributed by atoms with Crippen LogP contribution in [0.4, 0.5) is 0 Å². The van der Waals surface area contributed by atoms with Crippen molar-refractivity contribution in [1.29, 1.82) is 0 Å². The zero-order valence-corrected chi connectivity index (χ0v) is 37.9. The molecule has 3 heteroatoms. The lowest BCUT2D eigenvalue weighted by molar-refractivity contribution is 0.563. The van der Waals surface area contributed by atoms with Gasteiger partial charge >= 0.3 is 0 Å². The molecular formula is C65H45N3. The molecule has 68 heavy (non-hydrogen) atoms. The van der Waals surface area contributed by atoms with Crippen LogP contribution in [0, 0.1) is 0 Å². The highest BCUT2D eigenvalue weighted by molar-refractivity contribution is 6.08. The van der Waals surface area contributed by atoms with E-state index in [9.17, 15) is 0 Å². The van der Waals surface area contributed by atoms with E-state index < -0.39 is 5.41 Å². The summed E-state index contributed by atoms with van der Waals surface area (Å²) in [6.45, 7) is 4.76. The lowest BCUT2D eigenvalue weighted by Crippen LogP contribution is -2.40. The predicted molar refractivity (Wildman–Crippen MR) is 279 cm³/mol. The summed E-state index contributed by atoms with van der Waals surface area (Å²) in [5, 5.41) is 2.23. The Kier molecular flexibility index (Phi) is 9.10. The van der Waals surface area contributed by atoms with E-state index in [1.807, 2.05) is 12.1 Å². The first-order chi connectivity index (χ1) is 33.5. The third-order valence-corrected chi connectivity index (χ3v) is 14.7. The van der Waals surface area contributed by atoms with Crippen LogP contribution in [-0.2, 0) is 10.8 Å². The number of aromatic nitrogens is 3. The van der Waals surface area contributed by atoms with Crippen molar-refractivity contribution in [3.05, 3.63) is 270 Å². The minimum absolute atomic E-state index is 0.161. The first kappa shape index (κ1) is 39.8. The molecule has 0 unspecified atom stereocenters. The third-order valence-electron chi connectivity index (χ3n) is 14.7. The average Bonchev–Trinajstić information content (AvgIpc) is 3.71. The molecule has 0 radical (unpaired) electrons. The molecule has 0 aliphatic heterocycles. The van der Waals surface area contributed by atoms with Crippen LogP contribution in [-0.4, -0.2) is 15.0 Å². The molecule has 1 aromatic heterocycles. The summed E-state index contributed by atoms with van der Waals surface area (Å²) >= 11 is 0. The second-order valence-corrected chi connectivity index (χ2v) is 18.6. The van der Waals surface area contributed by atoms with E-state index in [1.165, 1.54) is 66.8 Å². The normalized spacial score (nSPS) is 13.7. The lowest BCUT2D eigenvalue weighted by atomic mass is 9.55. The van der Waals surface area contributed by atoms with E-state index in [0.717, 1.165) is 38.6 Å². The van der Waals surface area contributed by atoms with E-state index in [1.54, 1.807) is 0 Å². The molecule has 1 heterocycles. The van der Waals surface area contributed by atoms with Gasteiger partial charge in [-0.3, -0.25) is 0 Å². The van der Waals surface area contributed by atoms with E-state index in [2.05, 4.69) is 238 Å². The maximum absolute atomic E-state index is 5.30. The van der Waals surface area contributed by atoms with Crippen molar-refractivity contribution in [2.24, 2.45) is 0 Å². The van der Waals surface area contributed by atoms with Gasteiger partial charge in [0.2, 0.25) is 0 Å². The SMILES string of the molecule is CC1(C)c2ccccc2C2(c3ccccc3-c3c(-c4ccc(-c5nc(-c6ccc(-c7ccccc7)cc6)nc(-c6ccc(-c7ccccc7)cc6)n5)c5ccccc45)cccc32)c2ccccc21. The van der Waals surface area contributed by atoms with Crippen LogP contribution in [0.15, 0.2) is 237 Å². The number of hydrogen-bond acceptors (Lipinski definition) is 3. The molecule has 1 spiro atoms. The van der Waals surface area contributed by atoms with Gasteiger partial charge in [0.1, 0.15) is 0 Å². The Morgan fingerprint density at radius 2 is 0.632 bits per heavy atom. The van der Waals surface area contributed by atoms with Gasteiger partial charge in [0, 0.05) is 22.1 Å². The topological polar surface area (TPSA) is 38.7 Å². The monoisotopic (exact) mass is 867 g/mol. The molecule has 0 atom stereocenters. The van der Waals surface area contributed by atoms with E-state index >= 15 is 0 Å². The van der Waals surface area contributed by atoms with E-state index in [4.69, 9.17) is 15.0 Å². The zero-order valence-electron chi connectivity index (χ0n) is 37.9. The van der Waals surface area contributed by atoms with Crippen LogP contribution in [0.1, 0.15) is 47.2 Å². The summed E-state index contributed by atoms with van der Waals surface area (Å²) in [7, 11) is 0. The molecule has 0 N–H and O–H groups in total. The number of hydrogen-bond donors (Lipinski definition) is 0. The molecule has 2 aliphatic rings. The third kappa shape index (κ3) is 6.02. The summed E-state index contributed by atoms with van der Waals surface area (Å²) in [5.74, 6) is 1.89. The Morgan fingerprint density at radius 3 is 1.19 bits per heavy atom. The zero-order chi connectivity index (χ0) is 45.4. The Morgan fingerprint density at radius 1 is 0.250 bits per heavy atom. The molecule has 0 fully saturated rings. The fraction of sp³-hybridized carbons (Fsp3) is 0.0615. The molecule has 0 amide bonds. The van der Waals surface area contributed by atoms with Crippen LogP contribution in [0.2, 0.25) is 0 Å². The molecule has 3 nitrogen and oxygen atoms in total. The molecule has 0 saturated carbocycles. The minimum Gasteiger partial charge on any atom is -0.208 e. The van der Waals surface area contributed by atoms with Crippen LogP contribution in [0.5, 0.6) is 0 Å². The molecular weight excluding hydrogens is 823 g/mol. The van der Waals surface area contributed by atoms with Crippen molar-refractivity contribution < 1.29 is 0 Å².